The van der Waals surface area contributed by atoms with Crippen molar-refractivity contribution in [1.29, 1.82) is 0 Å². The van der Waals surface area contributed by atoms with E-state index in [1.165, 1.54) is 0 Å². The highest BCUT2D eigenvalue weighted by molar-refractivity contribution is 5.81. The van der Waals surface area contributed by atoms with Crippen LogP contribution in [-0.2, 0) is 19.1 Å². The van der Waals surface area contributed by atoms with Gasteiger partial charge in [-0.25, -0.2) is 0 Å². The molecule has 0 aromatic rings. The molecule has 0 saturated carbocycles. The predicted octanol–water partition coefficient (Wildman–Crippen LogP) is 0.223. The Kier molecular flexibility index (Phi) is 5.29. The maximum atomic E-state index is 11.5. The summed E-state index contributed by atoms with van der Waals surface area (Å²) in [5.41, 5.74) is 2.89. The monoisotopic (exact) mass is 261 g/mol. The van der Waals surface area contributed by atoms with Gasteiger partial charge in [-0.1, -0.05) is 0 Å². The van der Waals surface area contributed by atoms with Crippen LogP contribution in [-0.4, -0.2) is 40.3 Å². The number of aliphatic carboxylic acids is 2. The third kappa shape index (κ3) is 5.13. The lowest BCUT2D eigenvalue weighted by Crippen LogP contribution is -2.53. The van der Waals surface area contributed by atoms with Gasteiger partial charge in [0.2, 0.25) is 0 Å². The first-order chi connectivity index (χ1) is 7.99. The van der Waals surface area contributed by atoms with Crippen molar-refractivity contribution in [2.45, 2.75) is 39.2 Å². The van der Waals surface area contributed by atoms with Gasteiger partial charge in [-0.3, -0.25) is 14.4 Å². The molecule has 0 aliphatic rings. The summed E-state index contributed by atoms with van der Waals surface area (Å²) in [6.45, 7) is 4.30. The number of carbonyl (C=O) groups excluding carboxylic acids is 1. The number of carboxylic acid groups (broad SMARTS) is 2. The molecule has 18 heavy (non-hydrogen) atoms. The highest BCUT2D eigenvalue weighted by atomic mass is 16.5. The third-order valence-electron chi connectivity index (χ3n) is 2.28. The van der Waals surface area contributed by atoms with Crippen LogP contribution in [0.15, 0.2) is 0 Å². The second kappa shape index (κ2) is 5.81. The minimum Gasteiger partial charge on any atom is -0.481 e. The summed E-state index contributed by atoms with van der Waals surface area (Å²) >= 11 is 0. The van der Waals surface area contributed by atoms with Gasteiger partial charge >= 0.3 is 17.9 Å². The molecule has 4 N–H and O–H groups in total. The van der Waals surface area contributed by atoms with Crippen LogP contribution in [0.4, 0.5) is 0 Å². The maximum absolute atomic E-state index is 11.5. The highest BCUT2D eigenvalue weighted by Gasteiger charge is 2.37. The second-order valence-electron chi connectivity index (χ2n) is 5.18. The van der Waals surface area contributed by atoms with Crippen molar-refractivity contribution < 1.29 is 29.3 Å². The fraction of sp³-hybridized carbons (Fsp3) is 0.727. The maximum Gasteiger partial charge on any atom is 0.327 e. The van der Waals surface area contributed by atoms with Gasteiger partial charge in [-0.2, -0.15) is 0 Å². The molecular formula is C11H19NO6. The smallest absolute Gasteiger partial charge is 0.327 e. The van der Waals surface area contributed by atoms with Gasteiger partial charge in [0.15, 0.2) is 0 Å². The van der Waals surface area contributed by atoms with E-state index in [0.29, 0.717) is 0 Å². The van der Waals surface area contributed by atoms with Gasteiger partial charge in [0.25, 0.3) is 0 Å². The Hall–Kier alpha value is -1.63. The number of nitrogens with two attached hydrogens (primary N) is 1. The highest BCUT2D eigenvalue weighted by Crippen LogP contribution is 2.18. The SMILES string of the molecule is CC(C)(C)C(=O)OCC(N)(CCC(=O)O)C(=O)O. The third-order valence-corrected chi connectivity index (χ3v) is 2.28. The van der Waals surface area contributed by atoms with Gasteiger partial charge in [0.1, 0.15) is 12.1 Å². The van der Waals surface area contributed by atoms with Crippen LogP contribution in [0.1, 0.15) is 33.6 Å². The Balaban J connectivity index is 4.59. The molecule has 0 rings (SSSR count). The number of hydrogen-bond donors (Lipinski definition) is 3. The fourth-order valence-electron chi connectivity index (χ4n) is 0.982. The molecule has 0 heterocycles. The van der Waals surface area contributed by atoms with Crippen LogP contribution in [0, 0.1) is 5.41 Å². The molecule has 1 unspecified atom stereocenters. The Bertz CT molecular complexity index is 346. The van der Waals surface area contributed by atoms with Crippen LogP contribution in [0.25, 0.3) is 0 Å². The first-order valence-corrected chi connectivity index (χ1v) is 5.40. The van der Waals surface area contributed by atoms with Crippen molar-refractivity contribution >= 4 is 17.9 Å². The normalized spacial score (nSPS) is 14.7. The largest absolute Gasteiger partial charge is 0.481 e. The molecule has 0 saturated heterocycles. The molecule has 0 aliphatic carbocycles. The van der Waals surface area contributed by atoms with Crippen LogP contribution in [0.2, 0.25) is 0 Å². The van der Waals surface area contributed by atoms with E-state index in [1.807, 2.05) is 0 Å². The van der Waals surface area contributed by atoms with Gasteiger partial charge < -0.3 is 20.7 Å². The van der Waals surface area contributed by atoms with E-state index in [1.54, 1.807) is 20.8 Å². The summed E-state index contributed by atoms with van der Waals surface area (Å²) in [6, 6.07) is 0. The molecule has 0 aromatic heterocycles. The average molecular weight is 261 g/mol. The van der Waals surface area contributed by atoms with E-state index < -0.39 is 41.9 Å². The predicted molar refractivity (Wildman–Crippen MR) is 61.8 cm³/mol. The van der Waals surface area contributed by atoms with Crippen molar-refractivity contribution in [3.63, 3.8) is 0 Å². The van der Waals surface area contributed by atoms with Gasteiger partial charge in [-0.15, -0.1) is 0 Å². The first kappa shape index (κ1) is 16.4. The lowest BCUT2D eigenvalue weighted by molar-refractivity contribution is -0.159. The van der Waals surface area contributed by atoms with Crippen molar-refractivity contribution in [2.24, 2.45) is 11.1 Å². The summed E-state index contributed by atoms with van der Waals surface area (Å²) in [5.74, 6) is -3.15. The quantitative estimate of drug-likeness (QED) is 0.583. The van der Waals surface area contributed by atoms with E-state index in [0.717, 1.165) is 0 Å². The second-order valence-corrected chi connectivity index (χ2v) is 5.18. The molecule has 7 heteroatoms. The summed E-state index contributed by atoms with van der Waals surface area (Å²) in [4.78, 5) is 32.9. The molecule has 0 aliphatic heterocycles. The number of carboxylic acids is 2. The fourth-order valence-corrected chi connectivity index (χ4v) is 0.982. The summed E-state index contributed by atoms with van der Waals surface area (Å²) in [5, 5.41) is 17.5. The lowest BCUT2D eigenvalue weighted by atomic mass is 9.94. The molecule has 0 fully saturated rings. The minimum absolute atomic E-state index is 0.310. The summed E-state index contributed by atoms with van der Waals surface area (Å²) in [6.07, 6.45) is -0.717. The molecule has 7 nitrogen and oxygen atoms in total. The number of carbonyl (C=O) groups is 3. The molecule has 104 valence electrons. The van der Waals surface area contributed by atoms with Crippen LogP contribution in [0.3, 0.4) is 0 Å². The minimum atomic E-state index is -1.88. The van der Waals surface area contributed by atoms with E-state index in [9.17, 15) is 14.4 Å². The van der Waals surface area contributed by atoms with E-state index in [4.69, 9.17) is 20.7 Å². The summed E-state index contributed by atoms with van der Waals surface area (Å²) in [7, 11) is 0. The van der Waals surface area contributed by atoms with E-state index >= 15 is 0 Å². The number of ether oxygens (including phenoxy) is 1. The van der Waals surface area contributed by atoms with Crippen molar-refractivity contribution in [3.05, 3.63) is 0 Å². The zero-order valence-electron chi connectivity index (χ0n) is 10.7. The van der Waals surface area contributed by atoms with E-state index in [2.05, 4.69) is 0 Å². The number of esters is 1. The van der Waals surface area contributed by atoms with Crippen LogP contribution < -0.4 is 5.73 Å². The topological polar surface area (TPSA) is 127 Å². The molecule has 0 bridgehead atoms. The van der Waals surface area contributed by atoms with Crippen LogP contribution in [0.5, 0.6) is 0 Å². The molecule has 0 amide bonds. The van der Waals surface area contributed by atoms with Crippen molar-refractivity contribution in [2.75, 3.05) is 6.61 Å². The van der Waals surface area contributed by atoms with Crippen molar-refractivity contribution in [1.82, 2.24) is 0 Å². The van der Waals surface area contributed by atoms with Gasteiger partial charge in [0, 0.05) is 6.42 Å². The van der Waals surface area contributed by atoms with Gasteiger partial charge in [-0.05, 0) is 27.2 Å². The number of rotatable bonds is 6. The average Bonchev–Trinajstić information content (AvgIpc) is 2.21. The Morgan fingerprint density at radius 2 is 1.67 bits per heavy atom. The van der Waals surface area contributed by atoms with Crippen molar-refractivity contribution in [3.8, 4) is 0 Å². The Morgan fingerprint density at radius 3 is 2.00 bits per heavy atom. The lowest BCUT2D eigenvalue weighted by Gasteiger charge is -2.25. The Morgan fingerprint density at radius 1 is 1.17 bits per heavy atom. The Labute approximate surface area is 105 Å². The molecular weight excluding hydrogens is 242 g/mol. The molecule has 1 atom stereocenters. The van der Waals surface area contributed by atoms with Gasteiger partial charge in [0.05, 0.1) is 5.41 Å². The van der Waals surface area contributed by atoms with E-state index in [-0.39, 0.29) is 6.42 Å². The summed E-state index contributed by atoms with van der Waals surface area (Å²) < 4.78 is 4.83. The molecule has 0 spiro atoms. The zero-order valence-corrected chi connectivity index (χ0v) is 10.7. The van der Waals surface area contributed by atoms with Crippen LogP contribution >= 0.6 is 0 Å². The molecule has 0 aromatic carbocycles. The first-order valence-electron chi connectivity index (χ1n) is 5.40. The zero-order chi connectivity index (χ0) is 14.6. The molecule has 0 radical (unpaired) electrons. The standard InChI is InChI=1S/C11H19NO6/c1-10(2,3)9(17)18-6-11(12,8(15)16)5-4-7(13)14/h4-6,12H2,1-3H3,(H,13,14)(H,15,16). The number of hydrogen-bond acceptors (Lipinski definition) is 5.